The van der Waals surface area contributed by atoms with Crippen molar-refractivity contribution in [3.8, 4) is 0 Å². The summed E-state index contributed by atoms with van der Waals surface area (Å²) < 4.78 is 6.59. The molecule has 1 fully saturated rings. The summed E-state index contributed by atoms with van der Waals surface area (Å²) in [6.45, 7) is 1.27. The van der Waals surface area contributed by atoms with E-state index in [1.165, 1.54) is 0 Å². The van der Waals surface area contributed by atoms with Crippen molar-refractivity contribution >= 4 is 32.8 Å². The van der Waals surface area contributed by atoms with E-state index >= 15 is 0 Å². The summed E-state index contributed by atoms with van der Waals surface area (Å²) in [5.41, 5.74) is 6.50. The Morgan fingerprint density at radius 2 is 2.30 bits per heavy atom. The number of fused-ring (bicyclic) bond motifs is 1. The number of likely N-dealkylation sites (tertiary alicyclic amines) is 1. The third-order valence-corrected chi connectivity index (χ3v) is 4.49. The van der Waals surface area contributed by atoms with Crippen LogP contribution in [0.5, 0.6) is 0 Å². The average molecular weight is 337 g/mol. The Labute approximate surface area is 126 Å². The van der Waals surface area contributed by atoms with E-state index in [-0.39, 0.29) is 11.9 Å². The number of piperidine rings is 1. The minimum atomic E-state index is -0.0525. The van der Waals surface area contributed by atoms with Crippen molar-refractivity contribution in [1.29, 1.82) is 0 Å². The van der Waals surface area contributed by atoms with Gasteiger partial charge in [0.05, 0.1) is 4.47 Å². The smallest absolute Gasteiger partial charge is 0.289 e. The molecule has 0 radical (unpaired) electrons. The molecule has 1 amide bonds. The molecule has 4 nitrogen and oxygen atoms in total. The lowest BCUT2D eigenvalue weighted by molar-refractivity contribution is 0.0593. The molecule has 1 saturated heterocycles. The summed E-state index contributed by atoms with van der Waals surface area (Å²) in [5, 5.41) is 0.934. The van der Waals surface area contributed by atoms with E-state index in [0.717, 1.165) is 41.2 Å². The summed E-state index contributed by atoms with van der Waals surface area (Å²) in [4.78, 5) is 14.5. The van der Waals surface area contributed by atoms with Crippen LogP contribution in [0, 0.1) is 0 Å². The van der Waals surface area contributed by atoms with Crippen LogP contribution in [0.15, 0.2) is 33.2 Å². The van der Waals surface area contributed by atoms with Gasteiger partial charge in [0.1, 0.15) is 5.58 Å². The van der Waals surface area contributed by atoms with Crippen molar-refractivity contribution in [1.82, 2.24) is 4.90 Å². The van der Waals surface area contributed by atoms with Crippen molar-refractivity contribution in [2.45, 2.75) is 25.3 Å². The SMILES string of the molecule is NCC1CCCCN1C(=O)c1cc2cccc(Br)c2o1. The largest absolute Gasteiger partial charge is 0.450 e. The molecule has 0 bridgehead atoms. The molecule has 2 aromatic rings. The number of carbonyl (C=O) groups excluding carboxylic acids is 1. The van der Waals surface area contributed by atoms with Crippen LogP contribution in [0.3, 0.4) is 0 Å². The van der Waals surface area contributed by atoms with E-state index in [9.17, 15) is 4.79 Å². The van der Waals surface area contributed by atoms with Crippen molar-refractivity contribution < 1.29 is 9.21 Å². The first kappa shape index (κ1) is 13.6. The lowest BCUT2D eigenvalue weighted by Crippen LogP contribution is -2.47. The highest BCUT2D eigenvalue weighted by molar-refractivity contribution is 9.10. The molecule has 0 spiro atoms. The number of para-hydroxylation sites is 1. The summed E-state index contributed by atoms with van der Waals surface area (Å²) in [6, 6.07) is 7.72. The minimum Gasteiger partial charge on any atom is -0.450 e. The van der Waals surface area contributed by atoms with Gasteiger partial charge in [0, 0.05) is 24.5 Å². The molecule has 2 heterocycles. The van der Waals surface area contributed by atoms with Crippen LogP contribution in [0.4, 0.5) is 0 Å². The third kappa shape index (κ3) is 2.36. The average Bonchev–Trinajstić information content (AvgIpc) is 2.92. The molecule has 1 aliphatic rings. The Morgan fingerprint density at radius 1 is 1.45 bits per heavy atom. The number of hydrogen-bond acceptors (Lipinski definition) is 3. The zero-order valence-corrected chi connectivity index (χ0v) is 12.7. The van der Waals surface area contributed by atoms with Crippen LogP contribution < -0.4 is 5.73 Å². The van der Waals surface area contributed by atoms with Crippen LogP contribution in [0.1, 0.15) is 29.8 Å². The van der Waals surface area contributed by atoms with Crippen molar-refractivity contribution in [3.05, 3.63) is 34.5 Å². The zero-order chi connectivity index (χ0) is 14.1. The summed E-state index contributed by atoms with van der Waals surface area (Å²) in [7, 11) is 0. The second-order valence-electron chi connectivity index (χ2n) is 5.15. The molecule has 106 valence electrons. The van der Waals surface area contributed by atoms with Gasteiger partial charge in [-0.05, 0) is 47.3 Å². The minimum absolute atomic E-state index is 0.0525. The zero-order valence-electron chi connectivity index (χ0n) is 11.1. The standard InChI is InChI=1S/C15H17BrN2O2/c16-12-6-3-4-10-8-13(20-14(10)12)15(19)18-7-2-1-5-11(18)9-17/h3-4,6,8,11H,1-2,5,7,9,17H2. The predicted octanol–water partition coefficient (Wildman–Crippen LogP) is 3.15. The highest BCUT2D eigenvalue weighted by Gasteiger charge is 2.28. The maximum atomic E-state index is 12.6. The predicted molar refractivity (Wildman–Crippen MR) is 81.6 cm³/mol. The first-order valence-electron chi connectivity index (χ1n) is 6.90. The highest BCUT2D eigenvalue weighted by Crippen LogP contribution is 2.28. The molecule has 3 rings (SSSR count). The molecule has 0 aliphatic carbocycles. The van der Waals surface area contributed by atoms with Crippen molar-refractivity contribution in [3.63, 3.8) is 0 Å². The fraction of sp³-hybridized carbons (Fsp3) is 0.400. The highest BCUT2D eigenvalue weighted by atomic mass is 79.9. The van der Waals surface area contributed by atoms with Gasteiger partial charge in [0.15, 0.2) is 5.76 Å². The van der Waals surface area contributed by atoms with Gasteiger partial charge in [-0.15, -0.1) is 0 Å². The van der Waals surface area contributed by atoms with Gasteiger partial charge < -0.3 is 15.1 Å². The lowest BCUT2D eigenvalue weighted by atomic mass is 10.0. The Hall–Kier alpha value is -1.33. The van der Waals surface area contributed by atoms with Crippen molar-refractivity contribution in [2.75, 3.05) is 13.1 Å². The Kier molecular flexibility index (Phi) is 3.81. The normalized spacial score (nSPS) is 19.5. The molecule has 1 atom stereocenters. The van der Waals surface area contributed by atoms with Crippen LogP contribution in [-0.2, 0) is 0 Å². The van der Waals surface area contributed by atoms with Gasteiger partial charge >= 0.3 is 0 Å². The molecule has 2 N–H and O–H groups in total. The fourth-order valence-corrected chi connectivity index (χ4v) is 3.25. The molecule has 5 heteroatoms. The number of amides is 1. The maximum Gasteiger partial charge on any atom is 0.289 e. The quantitative estimate of drug-likeness (QED) is 0.916. The van der Waals surface area contributed by atoms with Crippen molar-refractivity contribution in [2.24, 2.45) is 5.73 Å². The van der Waals surface area contributed by atoms with Gasteiger partial charge in [-0.2, -0.15) is 0 Å². The molecule has 1 aromatic carbocycles. The van der Waals surface area contributed by atoms with Crippen LogP contribution >= 0.6 is 15.9 Å². The maximum absolute atomic E-state index is 12.6. The van der Waals surface area contributed by atoms with Gasteiger partial charge in [-0.25, -0.2) is 0 Å². The molecular weight excluding hydrogens is 320 g/mol. The van der Waals surface area contributed by atoms with Gasteiger partial charge in [-0.3, -0.25) is 4.79 Å². The monoisotopic (exact) mass is 336 g/mol. The Morgan fingerprint density at radius 3 is 3.05 bits per heavy atom. The topological polar surface area (TPSA) is 59.5 Å². The van der Waals surface area contributed by atoms with E-state index in [1.54, 1.807) is 0 Å². The van der Waals surface area contributed by atoms with E-state index < -0.39 is 0 Å². The van der Waals surface area contributed by atoms with Gasteiger partial charge in [0.25, 0.3) is 5.91 Å². The second kappa shape index (κ2) is 5.58. The number of benzene rings is 1. The van der Waals surface area contributed by atoms with Gasteiger partial charge in [-0.1, -0.05) is 12.1 Å². The first-order chi connectivity index (χ1) is 9.70. The molecule has 1 aliphatic heterocycles. The molecule has 0 saturated carbocycles. The van der Waals surface area contributed by atoms with E-state index in [4.69, 9.17) is 10.2 Å². The van der Waals surface area contributed by atoms with Crippen LogP contribution in [0.2, 0.25) is 0 Å². The van der Waals surface area contributed by atoms with Gasteiger partial charge in [0.2, 0.25) is 0 Å². The second-order valence-corrected chi connectivity index (χ2v) is 6.01. The van der Waals surface area contributed by atoms with E-state index in [2.05, 4.69) is 15.9 Å². The van der Waals surface area contributed by atoms with E-state index in [1.807, 2.05) is 29.2 Å². The number of rotatable bonds is 2. The first-order valence-corrected chi connectivity index (χ1v) is 7.69. The van der Waals surface area contributed by atoms with Crippen LogP contribution in [0.25, 0.3) is 11.0 Å². The Balaban J connectivity index is 1.93. The number of nitrogens with zero attached hydrogens (tertiary/aromatic N) is 1. The number of halogens is 1. The molecular formula is C15H17BrN2O2. The lowest BCUT2D eigenvalue weighted by Gasteiger charge is -2.34. The number of nitrogens with two attached hydrogens (primary N) is 1. The molecule has 1 unspecified atom stereocenters. The molecule has 20 heavy (non-hydrogen) atoms. The fourth-order valence-electron chi connectivity index (χ4n) is 2.79. The number of furan rings is 1. The summed E-state index contributed by atoms with van der Waals surface area (Å²) >= 11 is 3.44. The number of hydrogen-bond donors (Lipinski definition) is 1. The summed E-state index contributed by atoms with van der Waals surface area (Å²) in [6.07, 6.45) is 3.15. The summed E-state index contributed by atoms with van der Waals surface area (Å²) in [5.74, 6) is 0.343. The van der Waals surface area contributed by atoms with E-state index in [0.29, 0.717) is 12.3 Å². The Bertz CT molecular complexity index is 638. The number of carbonyl (C=O) groups is 1. The molecule has 1 aromatic heterocycles. The third-order valence-electron chi connectivity index (χ3n) is 3.87. The van der Waals surface area contributed by atoms with Crippen LogP contribution in [-0.4, -0.2) is 29.9 Å².